The van der Waals surface area contributed by atoms with Crippen molar-refractivity contribution >= 4 is 42.7 Å². The Kier molecular flexibility index (Phi) is 9.91. The molecule has 5 rings (SSSR count). The van der Waals surface area contributed by atoms with E-state index in [0.29, 0.717) is 0 Å². The van der Waals surface area contributed by atoms with Crippen LogP contribution in [0.1, 0.15) is 0 Å². The van der Waals surface area contributed by atoms with Gasteiger partial charge in [0, 0.05) is 18.3 Å². The van der Waals surface area contributed by atoms with Crippen molar-refractivity contribution in [1.82, 2.24) is 0 Å². The first-order valence-corrected chi connectivity index (χ1v) is 16.3. The van der Waals surface area contributed by atoms with Crippen molar-refractivity contribution in [3.8, 4) is 0 Å². The summed E-state index contributed by atoms with van der Waals surface area (Å²) in [5, 5.41) is 5.59. The standard InChI is InChI=1S/C36H33NP2/c1-2-4-10-20-32(21-11-5-3-1)37(30-38(33-22-12-6-13-23-33)34-24-14-7-15-25-34)31-39(35-26-16-8-17-27-35)36-28-18-9-19-29-36/h1-29H,30-31H2. The van der Waals surface area contributed by atoms with Crippen LogP contribution in [0.5, 0.6) is 0 Å². The summed E-state index contributed by atoms with van der Waals surface area (Å²) in [6.45, 7) is 0. The van der Waals surface area contributed by atoms with E-state index in [-0.39, 0.29) is 0 Å². The monoisotopic (exact) mass is 541 g/mol. The lowest BCUT2D eigenvalue weighted by Gasteiger charge is -2.33. The van der Waals surface area contributed by atoms with Crippen LogP contribution >= 0.6 is 15.8 Å². The average molecular weight is 542 g/mol. The van der Waals surface area contributed by atoms with Gasteiger partial charge in [0.2, 0.25) is 0 Å². The minimum Gasteiger partial charge on any atom is -0.362 e. The molecule has 3 heteroatoms. The molecule has 0 fully saturated rings. The molecule has 5 aromatic carbocycles. The zero-order chi connectivity index (χ0) is 26.5. The van der Waals surface area contributed by atoms with Crippen LogP contribution in [0.3, 0.4) is 0 Å². The maximum Gasteiger partial charge on any atom is 0.0463 e. The third kappa shape index (κ3) is 7.64. The molecule has 0 spiro atoms. The van der Waals surface area contributed by atoms with Crippen LogP contribution in [-0.2, 0) is 0 Å². The summed E-state index contributed by atoms with van der Waals surface area (Å²) in [6, 6.07) is 63.4. The molecule has 5 aromatic rings. The minimum absolute atomic E-state index is 0.605. The molecule has 1 nitrogen and oxygen atoms in total. The Labute approximate surface area is 235 Å². The van der Waals surface area contributed by atoms with E-state index < -0.39 is 15.8 Å². The Morgan fingerprint density at radius 2 is 0.538 bits per heavy atom. The summed E-state index contributed by atoms with van der Waals surface area (Å²) in [4.78, 5) is 2.62. The Morgan fingerprint density at radius 3 is 0.846 bits per heavy atom. The summed E-state index contributed by atoms with van der Waals surface area (Å²) >= 11 is 0. The first-order chi connectivity index (χ1) is 19.4. The molecule has 192 valence electrons. The van der Waals surface area contributed by atoms with Crippen LogP contribution in [0.2, 0.25) is 0 Å². The van der Waals surface area contributed by atoms with Crippen LogP contribution in [0.15, 0.2) is 176 Å². The smallest absolute Gasteiger partial charge is 0.0463 e. The van der Waals surface area contributed by atoms with Gasteiger partial charge in [-0.2, -0.15) is 0 Å². The molecule has 0 saturated heterocycles. The van der Waals surface area contributed by atoms with Gasteiger partial charge in [0.25, 0.3) is 0 Å². The van der Waals surface area contributed by atoms with Crippen molar-refractivity contribution in [2.24, 2.45) is 0 Å². The van der Waals surface area contributed by atoms with E-state index >= 15 is 0 Å². The third-order valence-corrected chi connectivity index (χ3v) is 11.4. The Morgan fingerprint density at radius 1 is 0.308 bits per heavy atom. The molecule has 0 heterocycles. The van der Waals surface area contributed by atoms with Crippen LogP contribution < -0.4 is 26.1 Å². The lowest BCUT2D eigenvalue weighted by atomic mass is 10.3. The van der Waals surface area contributed by atoms with Gasteiger partial charge in [-0.25, -0.2) is 0 Å². The fraction of sp³-hybridized carbons (Fsp3) is 0.0556. The number of anilines is 1. The van der Waals surface area contributed by atoms with Gasteiger partial charge < -0.3 is 4.90 Å². The fourth-order valence-corrected chi connectivity index (χ4v) is 9.25. The Bertz CT molecular complexity index is 1270. The van der Waals surface area contributed by atoms with E-state index in [1.165, 1.54) is 26.9 Å². The van der Waals surface area contributed by atoms with Gasteiger partial charge >= 0.3 is 0 Å². The highest BCUT2D eigenvalue weighted by atomic mass is 31.1. The summed E-state index contributed by atoms with van der Waals surface area (Å²) in [5.41, 5.74) is 1.23. The van der Waals surface area contributed by atoms with Crippen molar-refractivity contribution in [2.45, 2.75) is 0 Å². The molecule has 0 N–H and O–H groups in total. The lowest BCUT2D eigenvalue weighted by Crippen LogP contribution is -2.32. The van der Waals surface area contributed by atoms with Crippen molar-refractivity contribution in [1.29, 1.82) is 0 Å². The van der Waals surface area contributed by atoms with Crippen LogP contribution in [0, 0.1) is 0 Å². The Balaban J connectivity index is 1.62. The maximum absolute atomic E-state index is 2.62. The number of rotatable bonds is 9. The molecule has 0 aliphatic carbocycles. The van der Waals surface area contributed by atoms with Crippen molar-refractivity contribution < 1.29 is 0 Å². The molecule has 0 aliphatic heterocycles. The predicted molar refractivity (Wildman–Crippen MR) is 174 cm³/mol. The van der Waals surface area contributed by atoms with E-state index in [4.69, 9.17) is 0 Å². The molecule has 0 amide bonds. The molecule has 0 aliphatic rings. The van der Waals surface area contributed by atoms with Gasteiger partial charge in [-0.05, 0) is 49.2 Å². The molecule has 39 heavy (non-hydrogen) atoms. The highest BCUT2D eigenvalue weighted by molar-refractivity contribution is 7.74. The van der Waals surface area contributed by atoms with Gasteiger partial charge in [0.05, 0.1) is 0 Å². The zero-order valence-electron chi connectivity index (χ0n) is 22.0. The Hall–Kier alpha value is -3.76. The van der Waals surface area contributed by atoms with E-state index in [1.807, 2.05) is 0 Å². The minimum atomic E-state index is -0.605. The second-order valence-corrected chi connectivity index (χ2v) is 13.5. The third-order valence-electron chi connectivity index (χ3n) is 6.46. The quantitative estimate of drug-likeness (QED) is 0.172. The number of benzene rings is 4. The number of nitrogens with zero attached hydrogens (tertiary/aromatic N) is 1. The molecule has 0 saturated carbocycles. The molecular formula is C36H33NP2. The topological polar surface area (TPSA) is 3.24 Å². The second-order valence-electron chi connectivity index (χ2n) is 9.13. The van der Waals surface area contributed by atoms with Gasteiger partial charge in [0.1, 0.15) is 0 Å². The van der Waals surface area contributed by atoms with Crippen molar-refractivity contribution in [2.75, 3.05) is 17.5 Å². The highest BCUT2D eigenvalue weighted by Gasteiger charge is 2.23. The molecule has 0 aromatic heterocycles. The first kappa shape index (κ1) is 26.8. The molecule has 0 atom stereocenters. The average Bonchev–Trinajstić information content (AvgIpc) is 3.02. The fourth-order valence-electron chi connectivity index (χ4n) is 4.50. The molecular weight excluding hydrogens is 508 g/mol. The molecule has 0 bridgehead atoms. The van der Waals surface area contributed by atoms with Gasteiger partial charge in [-0.3, -0.25) is 0 Å². The SMILES string of the molecule is c1ccccc(N(CP(c2ccccc2)c2ccccc2)CP(c2ccccc2)c2ccccc2)cccc1. The first-order valence-electron chi connectivity index (χ1n) is 13.3. The maximum atomic E-state index is 2.62. The van der Waals surface area contributed by atoms with Crippen molar-refractivity contribution in [3.63, 3.8) is 0 Å². The van der Waals surface area contributed by atoms with E-state index in [0.717, 1.165) is 12.6 Å². The predicted octanol–water partition coefficient (Wildman–Crippen LogP) is 7.80. The van der Waals surface area contributed by atoms with E-state index in [9.17, 15) is 0 Å². The zero-order valence-corrected chi connectivity index (χ0v) is 23.8. The molecule has 0 unspecified atom stereocenters. The van der Waals surface area contributed by atoms with Crippen LogP contribution in [-0.4, -0.2) is 12.6 Å². The largest absolute Gasteiger partial charge is 0.362 e. The van der Waals surface area contributed by atoms with E-state index in [1.54, 1.807) is 0 Å². The van der Waals surface area contributed by atoms with Crippen LogP contribution in [0.4, 0.5) is 5.69 Å². The van der Waals surface area contributed by atoms with Gasteiger partial charge in [0.15, 0.2) is 0 Å². The normalized spacial score (nSPS) is 10.7. The van der Waals surface area contributed by atoms with E-state index in [2.05, 4.69) is 181 Å². The second kappa shape index (κ2) is 14.4. The van der Waals surface area contributed by atoms with Gasteiger partial charge in [-0.15, -0.1) is 0 Å². The summed E-state index contributed by atoms with van der Waals surface area (Å²) in [7, 11) is -1.21. The molecule has 0 radical (unpaired) electrons. The lowest BCUT2D eigenvalue weighted by molar-refractivity contribution is 1.06. The summed E-state index contributed by atoms with van der Waals surface area (Å²) in [6.07, 6.45) is 1.87. The number of hydrogen-bond donors (Lipinski definition) is 0. The van der Waals surface area contributed by atoms with Crippen molar-refractivity contribution in [3.05, 3.63) is 176 Å². The van der Waals surface area contributed by atoms with Gasteiger partial charge in [-0.1, -0.05) is 164 Å². The highest BCUT2D eigenvalue weighted by Crippen LogP contribution is 2.41. The van der Waals surface area contributed by atoms with Crippen LogP contribution in [0.25, 0.3) is 0 Å². The number of hydrogen-bond acceptors (Lipinski definition) is 1. The summed E-state index contributed by atoms with van der Waals surface area (Å²) in [5.74, 6) is 0. The summed E-state index contributed by atoms with van der Waals surface area (Å²) < 4.78 is 0.